The second-order valence-corrected chi connectivity index (χ2v) is 6.60. The van der Waals surface area contributed by atoms with Crippen LogP contribution in [0.5, 0.6) is 5.75 Å². The number of benzene rings is 1. The Morgan fingerprint density at radius 1 is 1.33 bits per heavy atom. The highest BCUT2D eigenvalue weighted by Gasteiger charge is 2.39. The first-order valence-electron chi connectivity index (χ1n) is 6.30. The summed E-state index contributed by atoms with van der Waals surface area (Å²) in [7, 11) is -3.60. The molecule has 1 heterocycles. The summed E-state index contributed by atoms with van der Waals surface area (Å²) >= 11 is 0. The van der Waals surface area contributed by atoms with Gasteiger partial charge in [0.1, 0.15) is 10.6 Å². The third-order valence-electron chi connectivity index (χ3n) is 3.60. The van der Waals surface area contributed by atoms with Gasteiger partial charge in [-0.2, -0.15) is 4.31 Å². The lowest BCUT2D eigenvalue weighted by Gasteiger charge is -2.27. The van der Waals surface area contributed by atoms with Crippen LogP contribution in [0, 0.1) is 0 Å². The summed E-state index contributed by atoms with van der Waals surface area (Å²) in [5.74, 6) is -0.175. The topological polar surface area (TPSA) is 57.6 Å². The Labute approximate surface area is 108 Å². The van der Waals surface area contributed by atoms with Crippen molar-refractivity contribution in [2.24, 2.45) is 0 Å². The van der Waals surface area contributed by atoms with Gasteiger partial charge >= 0.3 is 0 Å². The number of hydrogen-bond donors (Lipinski definition) is 1. The summed E-state index contributed by atoms with van der Waals surface area (Å²) in [5.41, 5.74) is 0. The van der Waals surface area contributed by atoms with Crippen LogP contribution in [0.2, 0.25) is 0 Å². The van der Waals surface area contributed by atoms with Gasteiger partial charge in [0.2, 0.25) is 10.0 Å². The number of aromatic hydroxyl groups is 1. The van der Waals surface area contributed by atoms with E-state index in [9.17, 15) is 13.5 Å². The highest BCUT2D eigenvalue weighted by Crippen LogP contribution is 2.34. The molecular weight excluding hydrogens is 250 g/mol. The van der Waals surface area contributed by atoms with Crippen LogP contribution in [0.15, 0.2) is 29.2 Å². The van der Waals surface area contributed by atoms with Crippen molar-refractivity contribution in [1.29, 1.82) is 0 Å². The molecule has 2 rings (SSSR count). The van der Waals surface area contributed by atoms with E-state index in [1.807, 2.05) is 13.8 Å². The van der Waals surface area contributed by atoms with E-state index in [0.29, 0.717) is 0 Å². The second-order valence-electron chi connectivity index (χ2n) is 4.79. The zero-order valence-electron chi connectivity index (χ0n) is 10.7. The number of phenols is 1. The minimum atomic E-state index is -3.60. The summed E-state index contributed by atoms with van der Waals surface area (Å²) in [6.45, 7) is 3.92. The van der Waals surface area contributed by atoms with Crippen LogP contribution in [0.3, 0.4) is 0 Å². The van der Waals surface area contributed by atoms with Crippen molar-refractivity contribution in [3.05, 3.63) is 24.3 Å². The zero-order valence-corrected chi connectivity index (χ0v) is 11.5. The average Bonchev–Trinajstić information content (AvgIpc) is 2.71. The monoisotopic (exact) mass is 269 g/mol. The van der Waals surface area contributed by atoms with Gasteiger partial charge in [0, 0.05) is 12.1 Å². The molecule has 0 spiro atoms. The summed E-state index contributed by atoms with van der Waals surface area (Å²) < 4.78 is 26.8. The van der Waals surface area contributed by atoms with E-state index < -0.39 is 10.0 Å². The van der Waals surface area contributed by atoms with E-state index in [1.54, 1.807) is 16.4 Å². The van der Waals surface area contributed by atoms with Gasteiger partial charge in [-0.15, -0.1) is 0 Å². The molecule has 0 aliphatic carbocycles. The van der Waals surface area contributed by atoms with Crippen LogP contribution in [0.25, 0.3) is 0 Å². The predicted molar refractivity (Wildman–Crippen MR) is 69.9 cm³/mol. The van der Waals surface area contributed by atoms with Crippen molar-refractivity contribution in [1.82, 2.24) is 4.31 Å². The van der Waals surface area contributed by atoms with E-state index >= 15 is 0 Å². The van der Waals surface area contributed by atoms with Crippen LogP contribution in [-0.4, -0.2) is 29.9 Å². The van der Waals surface area contributed by atoms with E-state index in [2.05, 4.69) is 0 Å². The van der Waals surface area contributed by atoms with Crippen LogP contribution in [0.4, 0.5) is 0 Å². The van der Waals surface area contributed by atoms with Gasteiger partial charge in [-0.3, -0.25) is 0 Å². The fourth-order valence-electron chi connectivity index (χ4n) is 2.65. The molecule has 0 aromatic heterocycles. The van der Waals surface area contributed by atoms with Crippen molar-refractivity contribution in [3.8, 4) is 5.75 Å². The Balaban J connectivity index is 2.46. The molecule has 0 bridgehead atoms. The third kappa shape index (κ3) is 2.12. The maximum atomic E-state index is 12.6. The van der Waals surface area contributed by atoms with Gasteiger partial charge in [0.05, 0.1) is 0 Å². The highest BCUT2D eigenvalue weighted by atomic mass is 32.2. The molecule has 1 fully saturated rings. The van der Waals surface area contributed by atoms with Gasteiger partial charge in [-0.1, -0.05) is 19.1 Å². The number of sulfonamides is 1. The first-order chi connectivity index (χ1) is 8.48. The van der Waals surface area contributed by atoms with Gasteiger partial charge in [0.15, 0.2) is 0 Å². The molecule has 0 saturated carbocycles. The molecule has 2 atom stereocenters. The largest absolute Gasteiger partial charge is 0.507 e. The normalized spacial score (nSPS) is 25.4. The molecule has 18 heavy (non-hydrogen) atoms. The van der Waals surface area contributed by atoms with Crippen LogP contribution < -0.4 is 0 Å². The molecule has 4 nitrogen and oxygen atoms in total. The Bertz CT molecular complexity index is 527. The molecule has 1 aromatic carbocycles. The molecule has 5 heteroatoms. The van der Waals surface area contributed by atoms with Gasteiger partial charge in [0.25, 0.3) is 0 Å². The molecule has 1 saturated heterocycles. The predicted octanol–water partition coefficient (Wildman–Crippen LogP) is 2.34. The third-order valence-corrected chi connectivity index (χ3v) is 5.72. The van der Waals surface area contributed by atoms with Gasteiger partial charge in [-0.05, 0) is 38.3 Å². The molecule has 1 aliphatic heterocycles. The molecule has 100 valence electrons. The quantitative estimate of drug-likeness (QED) is 0.916. The van der Waals surface area contributed by atoms with E-state index in [1.165, 1.54) is 12.1 Å². The first kappa shape index (κ1) is 13.4. The lowest BCUT2D eigenvalue weighted by atomic mass is 10.2. The summed E-state index contributed by atoms with van der Waals surface area (Å²) in [6, 6.07) is 6.17. The standard InChI is InChI=1S/C13H19NO3S/c1-3-11-9-8-10(2)14(11)18(16,17)13-7-5-4-6-12(13)15/h4-7,10-11,15H,3,8-9H2,1-2H3. The minimum absolute atomic E-state index is 0.000411. The molecule has 0 amide bonds. The Morgan fingerprint density at radius 2 is 2.00 bits per heavy atom. The second kappa shape index (κ2) is 4.90. The lowest BCUT2D eigenvalue weighted by Crippen LogP contribution is -2.39. The van der Waals surface area contributed by atoms with Crippen molar-refractivity contribution in [2.45, 2.75) is 50.1 Å². The lowest BCUT2D eigenvalue weighted by molar-refractivity contribution is 0.327. The maximum Gasteiger partial charge on any atom is 0.247 e. The number of phenolic OH excluding ortho intramolecular Hbond substituents is 1. The van der Waals surface area contributed by atoms with Crippen molar-refractivity contribution in [2.75, 3.05) is 0 Å². The van der Waals surface area contributed by atoms with E-state index in [-0.39, 0.29) is 22.7 Å². The Hall–Kier alpha value is -1.07. The van der Waals surface area contributed by atoms with Crippen LogP contribution in [-0.2, 0) is 10.0 Å². The molecule has 1 aromatic rings. The van der Waals surface area contributed by atoms with E-state index in [4.69, 9.17) is 0 Å². The Kier molecular flexibility index (Phi) is 3.64. The number of para-hydroxylation sites is 1. The first-order valence-corrected chi connectivity index (χ1v) is 7.74. The van der Waals surface area contributed by atoms with Crippen molar-refractivity contribution < 1.29 is 13.5 Å². The zero-order chi connectivity index (χ0) is 13.3. The highest BCUT2D eigenvalue weighted by molar-refractivity contribution is 7.89. The summed E-state index contributed by atoms with van der Waals surface area (Å²) in [6.07, 6.45) is 2.58. The van der Waals surface area contributed by atoms with Crippen LogP contribution >= 0.6 is 0 Å². The molecule has 1 aliphatic rings. The number of hydrogen-bond acceptors (Lipinski definition) is 3. The molecule has 2 unspecified atom stereocenters. The smallest absolute Gasteiger partial charge is 0.247 e. The SMILES string of the molecule is CCC1CCC(C)N1S(=O)(=O)c1ccccc1O. The summed E-state index contributed by atoms with van der Waals surface area (Å²) in [4.78, 5) is 0.0113. The summed E-state index contributed by atoms with van der Waals surface area (Å²) in [5, 5.41) is 9.75. The minimum Gasteiger partial charge on any atom is -0.507 e. The fraction of sp³-hybridized carbons (Fsp3) is 0.538. The fourth-order valence-corrected chi connectivity index (χ4v) is 4.69. The molecule has 1 N–H and O–H groups in total. The number of rotatable bonds is 3. The van der Waals surface area contributed by atoms with Crippen molar-refractivity contribution in [3.63, 3.8) is 0 Å². The number of nitrogens with zero attached hydrogens (tertiary/aromatic N) is 1. The van der Waals surface area contributed by atoms with E-state index in [0.717, 1.165) is 19.3 Å². The Morgan fingerprint density at radius 3 is 2.61 bits per heavy atom. The van der Waals surface area contributed by atoms with Gasteiger partial charge < -0.3 is 5.11 Å². The van der Waals surface area contributed by atoms with Gasteiger partial charge in [-0.25, -0.2) is 8.42 Å². The average molecular weight is 269 g/mol. The maximum absolute atomic E-state index is 12.6. The molecule has 0 radical (unpaired) electrons. The molecular formula is C13H19NO3S. The van der Waals surface area contributed by atoms with Crippen LogP contribution in [0.1, 0.15) is 33.1 Å². The van der Waals surface area contributed by atoms with Crippen molar-refractivity contribution >= 4 is 10.0 Å².